The van der Waals surface area contributed by atoms with Crippen molar-refractivity contribution in [3.63, 3.8) is 0 Å². The number of rotatable bonds is 7. The summed E-state index contributed by atoms with van der Waals surface area (Å²) in [5.74, 6) is 0.604. The van der Waals surface area contributed by atoms with Crippen LogP contribution in [0.5, 0.6) is 5.75 Å². The standard InChI is InChI=1S/C22H27BrN2O5S/c1-15(2)19-13-20(23)16(3)12-21(19)30-14-22(26)24-17-4-6-18(7-5-17)31(27,28)25-8-10-29-11-9-25/h4-7,12-13,15H,8-11,14H2,1-3H3,(H,24,26). The lowest BCUT2D eigenvalue weighted by Gasteiger charge is -2.26. The van der Waals surface area contributed by atoms with Crippen molar-refractivity contribution in [3.8, 4) is 5.75 Å². The van der Waals surface area contributed by atoms with Crippen LogP contribution in [-0.4, -0.2) is 51.5 Å². The Morgan fingerprint density at radius 1 is 1.19 bits per heavy atom. The Kier molecular flexibility index (Phi) is 7.74. The first-order valence-electron chi connectivity index (χ1n) is 10.1. The molecule has 0 spiro atoms. The second-order valence-corrected chi connectivity index (χ2v) is 10.5. The molecule has 0 saturated carbocycles. The first kappa shape index (κ1) is 23.7. The van der Waals surface area contributed by atoms with E-state index in [1.54, 1.807) is 12.1 Å². The molecule has 31 heavy (non-hydrogen) atoms. The van der Waals surface area contributed by atoms with Gasteiger partial charge in [0.25, 0.3) is 5.91 Å². The minimum absolute atomic E-state index is 0.144. The third-order valence-corrected chi connectivity index (χ3v) is 7.78. The lowest BCUT2D eigenvalue weighted by Crippen LogP contribution is -2.40. The van der Waals surface area contributed by atoms with Gasteiger partial charge in [0.05, 0.1) is 18.1 Å². The van der Waals surface area contributed by atoms with Crippen LogP contribution >= 0.6 is 15.9 Å². The summed E-state index contributed by atoms with van der Waals surface area (Å²) in [6, 6.07) is 10.1. The average Bonchev–Trinajstić information content (AvgIpc) is 2.75. The van der Waals surface area contributed by atoms with Crippen LogP contribution in [0.3, 0.4) is 0 Å². The molecule has 1 heterocycles. The fourth-order valence-electron chi connectivity index (χ4n) is 3.23. The van der Waals surface area contributed by atoms with Crippen molar-refractivity contribution in [3.05, 3.63) is 52.0 Å². The zero-order valence-corrected chi connectivity index (χ0v) is 20.3. The second-order valence-electron chi connectivity index (χ2n) is 7.67. The van der Waals surface area contributed by atoms with Gasteiger partial charge in [0, 0.05) is 23.2 Å². The number of anilines is 1. The molecule has 1 saturated heterocycles. The van der Waals surface area contributed by atoms with Gasteiger partial charge in [-0.1, -0.05) is 29.8 Å². The van der Waals surface area contributed by atoms with Gasteiger partial charge in [-0.25, -0.2) is 8.42 Å². The van der Waals surface area contributed by atoms with Crippen molar-refractivity contribution < 1.29 is 22.7 Å². The normalized spacial score (nSPS) is 15.1. The molecule has 7 nitrogen and oxygen atoms in total. The van der Waals surface area contributed by atoms with Crippen molar-refractivity contribution in [2.75, 3.05) is 38.2 Å². The lowest BCUT2D eigenvalue weighted by atomic mass is 10.0. The number of nitrogens with one attached hydrogen (secondary N) is 1. The van der Waals surface area contributed by atoms with Crippen LogP contribution in [0.15, 0.2) is 45.8 Å². The third kappa shape index (κ3) is 5.85. The van der Waals surface area contributed by atoms with E-state index in [4.69, 9.17) is 9.47 Å². The number of hydrogen-bond acceptors (Lipinski definition) is 5. The van der Waals surface area contributed by atoms with Crippen LogP contribution < -0.4 is 10.1 Å². The van der Waals surface area contributed by atoms with E-state index in [9.17, 15) is 13.2 Å². The summed E-state index contributed by atoms with van der Waals surface area (Å²) in [4.78, 5) is 12.6. The number of carbonyl (C=O) groups is 1. The molecule has 1 aliphatic heterocycles. The Morgan fingerprint density at radius 3 is 2.45 bits per heavy atom. The van der Waals surface area contributed by atoms with Crippen LogP contribution in [0.25, 0.3) is 0 Å². The molecule has 1 N–H and O–H groups in total. The van der Waals surface area contributed by atoms with E-state index in [0.29, 0.717) is 37.7 Å². The maximum absolute atomic E-state index is 12.7. The predicted octanol–water partition coefficient (Wildman–Crippen LogP) is 3.92. The molecule has 0 unspecified atom stereocenters. The highest BCUT2D eigenvalue weighted by Gasteiger charge is 2.26. The number of morpholine rings is 1. The Balaban J connectivity index is 1.62. The van der Waals surface area contributed by atoms with E-state index in [2.05, 4.69) is 35.1 Å². The first-order chi connectivity index (χ1) is 14.7. The number of hydrogen-bond donors (Lipinski definition) is 1. The molecule has 0 bridgehead atoms. The third-order valence-electron chi connectivity index (χ3n) is 5.02. The first-order valence-corrected chi connectivity index (χ1v) is 12.3. The summed E-state index contributed by atoms with van der Waals surface area (Å²) < 4.78 is 38.8. The van der Waals surface area contributed by atoms with Gasteiger partial charge < -0.3 is 14.8 Å². The summed E-state index contributed by atoms with van der Waals surface area (Å²) in [6.45, 7) is 7.42. The average molecular weight is 511 g/mol. The van der Waals surface area contributed by atoms with E-state index in [1.165, 1.54) is 16.4 Å². The van der Waals surface area contributed by atoms with Crippen LogP contribution in [0.2, 0.25) is 0 Å². The number of carbonyl (C=O) groups excluding carboxylic acids is 1. The van der Waals surface area contributed by atoms with Crippen LogP contribution in [0.4, 0.5) is 5.69 Å². The topological polar surface area (TPSA) is 84.9 Å². The summed E-state index contributed by atoms with van der Waals surface area (Å²) in [5, 5.41) is 2.74. The molecular formula is C22H27BrN2O5S. The maximum atomic E-state index is 12.7. The number of nitrogens with zero attached hydrogens (tertiary/aromatic N) is 1. The molecule has 2 aromatic carbocycles. The highest BCUT2D eigenvalue weighted by atomic mass is 79.9. The quantitative estimate of drug-likeness (QED) is 0.609. The zero-order valence-electron chi connectivity index (χ0n) is 17.9. The molecule has 0 aromatic heterocycles. The van der Waals surface area contributed by atoms with Gasteiger partial charge in [-0.05, 0) is 60.4 Å². The molecule has 2 aromatic rings. The molecular weight excluding hydrogens is 484 g/mol. The van der Waals surface area contributed by atoms with Crippen LogP contribution in [0, 0.1) is 6.92 Å². The number of halogens is 1. The fourth-order valence-corrected chi connectivity index (χ4v) is 5.00. The van der Waals surface area contributed by atoms with E-state index in [0.717, 1.165) is 15.6 Å². The van der Waals surface area contributed by atoms with Gasteiger partial charge in [0.1, 0.15) is 5.75 Å². The smallest absolute Gasteiger partial charge is 0.262 e. The molecule has 1 fully saturated rings. The van der Waals surface area contributed by atoms with Gasteiger partial charge >= 0.3 is 0 Å². The summed E-state index contributed by atoms with van der Waals surface area (Å²) >= 11 is 3.53. The molecule has 9 heteroatoms. The van der Waals surface area contributed by atoms with Crippen molar-refractivity contribution in [1.29, 1.82) is 0 Å². The van der Waals surface area contributed by atoms with Gasteiger partial charge in [-0.15, -0.1) is 0 Å². The van der Waals surface area contributed by atoms with Gasteiger partial charge in [0.15, 0.2) is 6.61 Å². The van der Waals surface area contributed by atoms with Crippen molar-refractivity contribution in [2.45, 2.75) is 31.6 Å². The van der Waals surface area contributed by atoms with Gasteiger partial charge in [-0.2, -0.15) is 4.31 Å². The van der Waals surface area contributed by atoms with E-state index in [-0.39, 0.29) is 23.3 Å². The number of aryl methyl sites for hydroxylation is 1. The fraction of sp³-hybridized carbons (Fsp3) is 0.409. The molecule has 3 rings (SSSR count). The summed E-state index contributed by atoms with van der Waals surface area (Å²) in [7, 11) is -3.56. The number of benzene rings is 2. The lowest BCUT2D eigenvalue weighted by molar-refractivity contribution is -0.118. The number of amides is 1. The highest BCUT2D eigenvalue weighted by molar-refractivity contribution is 9.10. The number of ether oxygens (including phenoxy) is 2. The summed E-state index contributed by atoms with van der Waals surface area (Å²) in [6.07, 6.45) is 0. The number of sulfonamides is 1. The minimum Gasteiger partial charge on any atom is -0.483 e. The summed E-state index contributed by atoms with van der Waals surface area (Å²) in [5.41, 5.74) is 2.55. The Bertz CT molecular complexity index is 1030. The zero-order chi connectivity index (χ0) is 22.6. The monoisotopic (exact) mass is 510 g/mol. The molecule has 168 valence electrons. The van der Waals surface area contributed by atoms with E-state index < -0.39 is 10.0 Å². The molecule has 1 aliphatic rings. The molecule has 0 radical (unpaired) electrons. The van der Waals surface area contributed by atoms with Crippen LogP contribution in [0.1, 0.15) is 30.9 Å². The Hall–Kier alpha value is -1.94. The van der Waals surface area contributed by atoms with Crippen molar-refractivity contribution in [1.82, 2.24) is 4.31 Å². The predicted molar refractivity (Wildman–Crippen MR) is 123 cm³/mol. The molecule has 0 atom stereocenters. The maximum Gasteiger partial charge on any atom is 0.262 e. The van der Waals surface area contributed by atoms with Gasteiger partial charge in [0.2, 0.25) is 10.0 Å². The Labute approximate surface area is 191 Å². The highest BCUT2D eigenvalue weighted by Crippen LogP contribution is 2.32. The van der Waals surface area contributed by atoms with Crippen LogP contribution in [-0.2, 0) is 19.6 Å². The van der Waals surface area contributed by atoms with E-state index >= 15 is 0 Å². The Morgan fingerprint density at radius 2 is 1.84 bits per heavy atom. The van der Waals surface area contributed by atoms with E-state index in [1.807, 2.05) is 19.1 Å². The SMILES string of the molecule is Cc1cc(OCC(=O)Nc2ccc(S(=O)(=O)N3CCOCC3)cc2)c(C(C)C)cc1Br. The minimum atomic E-state index is -3.56. The van der Waals surface area contributed by atoms with Crippen molar-refractivity contribution >= 4 is 37.5 Å². The molecule has 1 amide bonds. The van der Waals surface area contributed by atoms with Crippen molar-refractivity contribution in [2.24, 2.45) is 0 Å². The molecule has 0 aliphatic carbocycles. The largest absolute Gasteiger partial charge is 0.483 e. The second kappa shape index (κ2) is 10.1. The van der Waals surface area contributed by atoms with Gasteiger partial charge in [-0.3, -0.25) is 4.79 Å².